The summed E-state index contributed by atoms with van der Waals surface area (Å²) in [6.45, 7) is 5.35. The molecule has 1 aliphatic carbocycles. The highest BCUT2D eigenvalue weighted by molar-refractivity contribution is 9.10. The van der Waals surface area contributed by atoms with E-state index in [0.717, 1.165) is 36.1 Å². The molecule has 2 aliphatic rings. The van der Waals surface area contributed by atoms with Crippen molar-refractivity contribution in [2.75, 3.05) is 19.6 Å². The van der Waals surface area contributed by atoms with Crippen molar-refractivity contribution in [2.24, 2.45) is 11.8 Å². The molecule has 5 heteroatoms. The number of nitrogens with zero attached hydrogens (tertiary/aromatic N) is 1. The first-order valence-electron chi connectivity index (χ1n) is 10.9. The van der Waals surface area contributed by atoms with Gasteiger partial charge in [0.15, 0.2) is 0 Å². The Morgan fingerprint density at radius 3 is 2.54 bits per heavy atom. The number of rotatable bonds is 7. The molecule has 0 bridgehead atoms. The van der Waals surface area contributed by atoms with Gasteiger partial charge in [0.2, 0.25) is 5.91 Å². The second-order valence-corrected chi connectivity index (χ2v) is 10.1. The van der Waals surface area contributed by atoms with Crippen LogP contribution in [0.25, 0.3) is 0 Å². The fraction of sp³-hybridized carbons (Fsp3) is 0.696. The zero-order chi connectivity index (χ0) is 19.9. The number of hydrogen-bond acceptors (Lipinski definition) is 2. The standard InChI is InChI=1S/C23H34BrClN2O/c1-17(28)26-22-7-4-18(5-8-22)3-2-12-27-13-10-19(11-14-27)15-20-16-21(25)6-9-23(20)24/h6,9,16,18-19,22H,2-5,7-8,10-15H2,1H3,(H,26,28). The lowest BCUT2D eigenvalue weighted by atomic mass is 9.83. The summed E-state index contributed by atoms with van der Waals surface area (Å²) >= 11 is 9.83. The second-order valence-electron chi connectivity index (χ2n) is 8.79. The van der Waals surface area contributed by atoms with E-state index in [0.29, 0.717) is 6.04 Å². The van der Waals surface area contributed by atoms with Gasteiger partial charge < -0.3 is 10.2 Å². The number of halogens is 2. The van der Waals surface area contributed by atoms with Crippen LogP contribution in [0.1, 0.15) is 63.9 Å². The maximum atomic E-state index is 11.2. The van der Waals surface area contributed by atoms with Crippen LogP contribution in [0.5, 0.6) is 0 Å². The Morgan fingerprint density at radius 1 is 1.14 bits per heavy atom. The van der Waals surface area contributed by atoms with Crippen LogP contribution in [-0.2, 0) is 11.2 Å². The highest BCUT2D eigenvalue weighted by atomic mass is 79.9. The number of piperidine rings is 1. The minimum absolute atomic E-state index is 0.120. The summed E-state index contributed by atoms with van der Waals surface area (Å²) in [5, 5.41) is 3.92. The molecule has 1 heterocycles. The summed E-state index contributed by atoms with van der Waals surface area (Å²) in [7, 11) is 0. The zero-order valence-corrected chi connectivity index (χ0v) is 19.4. The Hall–Kier alpha value is -0.580. The van der Waals surface area contributed by atoms with Gasteiger partial charge in [-0.15, -0.1) is 0 Å². The molecular weight excluding hydrogens is 436 g/mol. The van der Waals surface area contributed by atoms with E-state index in [1.807, 2.05) is 6.07 Å². The third-order valence-electron chi connectivity index (χ3n) is 6.56. The molecule has 0 radical (unpaired) electrons. The third kappa shape index (κ3) is 7.03. The van der Waals surface area contributed by atoms with Gasteiger partial charge in [-0.05, 0) is 113 Å². The summed E-state index contributed by atoms with van der Waals surface area (Å²) in [6, 6.07) is 6.55. The molecule has 0 atom stereocenters. The van der Waals surface area contributed by atoms with Crippen LogP contribution in [0.2, 0.25) is 5.02 Å². The summed E-state index contributed by atoms with van der Waals surface area (Å²) in [5.41, 5.74) is 1.35. The van der Waals surface area contributed by atoms with Gasteiger partial charge in [-0.1, -0.05) is 27.5 Å². The first-order valence-corrected chi connectivity index (χ1v) is 12.1. The van der Waals surface area contributed by atoms with Crippen molar-refractivity contribution in [2.45, 2.75) is 70.8 Å². The van der Waals surface area contributed by atoms with Crippen molar-refractivity contribution < 1.29 is 4.79 Å². The number of carbonyl (C=O) groups excluding carboxylic acids is 1. The normalized spacial score (nSPS) is 24.2. The van der Waals surface area contributed by atoms with E-state index in [9.17, 15) is 4.79 Å². The molecule has 3 nitrogen and oxygen atoms in total. The number of hydrogen-bond donors (Lipinski definition) is 1. The minimum Gasteiger partial charge on any atom is -0.354 e. The van der Waals surface area contributed by atoms with Crippen molar-refractivity contribution >= 4 is 33.4 Å². The van der Waals surface area contributed by atoms with Crippen molar-refractivity contribution in [3.63, 3.8) is 0 Å². The molecular formula is C23H34BrClN2O. The van der Waals surface area contributed by atoms with E-state index in [1.165, 1.54) is 68.2 Å². The first kappa shape index (κ1) is 22.1. The van der Waals surface area contributed by atoms with Gasteiger partial charge in [-0.3, -0.25) is 4.79 Å². The van der Waals surface area contributed by atoms with Crippen LogP contribution in [0.3, 0.4) is 0 Å². The molecule has 1 amide bonds. The molecule has 1 aromatic carbocycles. The molecule has 2 fully saturated rings. The van der Waals surface area contributed by atoms with Gasteiger partial charge >= 0.3 is 0 Å². The quantitative estimate of drug-likeness (QED) is 0.544. The van der Waals surface area contributed by atoms with Crippen LogP contribution < -0.4 is 5.32 Å². The van der Waals surface area contributed by atoms with Crippen molar-refractivity contribution in [3.8, 4) is 0 Å². The predicted molar refractivity (Wildman–Crippen MR) is 121 cm³/mol. The molecule has 1 N–H and O–H groups in total. The van der Waals surface area contributed by atoms with Crippen LogP contribution >= 0.6 is 27.5 Å². The largest absolute Gasteiger partial charge is 0.354 e. The van der Waals surface area contributed by atoms with Gasteiger partial charge in [-0.2, -0.15) is 0 Å². The lowest BCUT2D eigenvalue weighted by Crippen LogP contribution is -2.37. The van der Waals surface area contributed by atoms with Crippen molar-refractivity contribution in [3.05, 3.63) is 33.3 Å². The third-order valence-corrected chi connectivity index (χ3v) is 7.57. The smallest absolute Gasteiger partial charge is 0.217 e. The molecule has 1 saturated heterocycles. The van der Waals surface area contributed by atoms with Gasteiger partial charge in [0, 0.05) is 22.5 Å². The molecule has 3 rings (SSSR count). The molecule has 1 saturated carbocycles. The monoisotopic (exact) mass is 468 g/mol. The fourth-order valence-electron chi connectivity index (χ4n) is 4.91. The van der Waals surface area contributed by atoms with Gasteiger partial charge in [0.25, 0.3) is 0 Å². The zero-order valence-electron chi connectivity index (χ0n) is 17.1. The summed E-state index contributed by atoms with van der Waals surface area (Å²) in [5.74, 6) is 1.76. The molecule has 28 heavy (non-hydrogen) atoms. The second kappa shape index (κ2) is 11.0. The maximum Gasteiger partial charge on any atom is 0.217 e. The molecule has 0 spiro atoms. The van der Waals surface area contributed by atoms with Crippen LogP contribution in [0.15, 0.2) is 22.7 Å². The fourth-order valence-corrected chi connectivity index (χ4v) is 5.51. The van der Waals surface area contributed by atoms with Crippen molar-refractivity contribution in [1.82, 2.24) is 10.2 Å². The van der Waals surface area contributed by atoms with Gasteiger partial charge in [0.1, 0.15) is 0 Å². The Labute approximate surface area is 183 Å². The Morgan fingerprint density at radius 2 is 1.86 bits per heavy atom. The number of benzene rings is 1. The number of carbonyl (C=O) groups is 1. The number of nitrogens with one attached hydrogen (secondary N) is 1. The number of amides is 1. The van der Waals surface area contributed by atoms with E-state index >= 15 is 0 Å². The lowest BCUT2D eigenvalue weighted by Gasteiger charge is -2.33. The molecule has 0 unspecified atom stereocenters. The Kier molecular flexibility index (Phi) is 8.68. The highest BCUT2D eigenvalue weighted by Gasteiger charge is 2.23. The van der Waals surface area contributed by atoms with E-state index in [-0.39, 0.29) is 5.91 Å². The Bertz CT molecular complexity index is 637. The lowest BCUT2D eigenvalue weighted by molar-refractivity contribution is -0.119. The highest BCUT2D eigenvalue weighted by Crippen LogP contribution is 2.30. The summed E-state index contributed by atoms with van der Waals surface area (Å²) in [6.07, 6.45) is 11.3. The summed E-state index contributed by atoms with van der Waals surface area (Å²) in [4.78, 5) is 13.8. The topological polar surface area (TPSA) is 32.3 Å². The minimum atomic E-state index is 0.120. The van der Waals surface area contributed by atoms with Gasteiger partial charge in [-0.25, -0.2) is 0 Å². The van der Waals surface area contributed by atoms with E-state index < -0.39 is 0 Å². The number of likely N-dealkylation sites (tertiary alicyclic amines) is 1. The van der Waals surface area contributed by atoms with E-state index in [1.54, 1.807) is 6.92 Å². The predicted octanol–water partition coefficient (Wildman–Crippen LogP) is 5.83. The SMILES string of the molecule is CC(=O)NC1CCC(CCCN2CCC(Cc3cc(Cl)ccc3Br)CC2)CC1. The molecule has 156 valence electrons. The van der Waals surface area contributed by atoms with E-state index in [4.69, 9.17) is 11.6 Å². The van der Waals surface area contributed by atoms with Crippen LogP contribution in [-0.4, -0.2) is 36.5 Å². The first-order chi connectivity index (χ1) is 13.5. The average Bonchev–Trinajstić information content (AvgIpc) is 2.67. The molecule has 0 aromatic heterocycles. The maximum absolute atomic E-state index is 11.2. The molecule has 1 aliphatic heterocycles. The van der Waals surface area contributed by atoms with E-state index in [2.05, 4.69) is 38.3 Å². The average molecular weight is 470 g/mol. The summed E-state index contributed by atoms with van der Waals surface area (Å²) < 4.78 is 1.19. The van der Waals surface area contributed by atoms with Gasteiger partial charge in [0.05, 0.1) is 0 Å². The molecule has 1 aromatic rings. The van der Waals surface area contributed by atoms with Crippen LogP contribution in [0.4, 0.5) is 0 Å². The van der Waals surface area contributed by atoms with Crippen molar-refractivity contribution in [1.29, 1.82) is 0 Å². The Balaban J connectivity index is 1.30. The van der Waals surface area contributed by atoms with Crippen LogP contribution in [0, 0.1) is 11.8 Å².